The first-order valence-electron chi connectivity index (χ1n) is 9.07. The second-order valence-corrected chi connectivity index (χ2v) is 6.86. The van der Waals surface area contributed by atoms with Crippen molar-refractivity contribution in [1.82, 2.24) is 10.6 Å². The van der Waals surface area contributed by atoms with Crippen LogP contribution in [0.3, 0.4) is 0 Å². The third-order valence-electron chi connectivity index (χ3n) is 4.40. The lowest BCUT2D eigenvalue weighted by atomic mass is 10.0. The minimum absolute atomic E-state index is 0.0328. The Bertz CT molecular complexity index is 839. The van der Waals surface area contributed by atoms with E-state index in [1.165, 1.54) is 0 Å². The minimum atomic E-state index is -4.96. The molecule has 0 aliphatic carbocycles. The van der Waals surface area contributed by atoms with Crippen LogP contribution in [0.4, 0.5) is 31.1 Å². The Labute approximate surface area is 173 Å². The summed E-state index contributed by atoms with van der Waals surface area (Å²) in [6.07, 6.45) is -12.4. The first kappa shape index (κ1) is 24.5. The van der Waals surface area contributed by atoms with Crippen LogP contribution in [-0.4, -0.2) is 35.0 Å². The predicted molar refractivity (Wildman–Crippen MR) is 99.3 cm³/mol. The van der Waals surface area contributed by atoms with Crippen molar-refractivity contribution in [3.8, 4) is 0 Å². The highest BCUT2D eigenvalue weighted by molar-refractivity contribution is 5.65. The van der Waals surface area contributed by atoms with Gasteiger partial charge in [-0.1, -0.05) is 30.3 Å². The number of nitrogens with one attached hydrogen (secondary N) is 2. The Morgan fingerprint density at radius 3 is 1.94 bits per heavy atom. The van der Waals surface area contributed by atoms with Crippen LogP contribution >= 0.6 is 0 Å². The van der Waals surface area contributed by atoms with Crippen molar-refractivity contribution >= 4 is 6.09 Å². The molecular formula is C20H20F6N2O3. The van der Waals surface area contributed by atoms with Crippen molar-refractivity contribution in [1.29, 1.82) is 0 Å². The van der Waals surface area contributed by atoms with E-state index in [0.29, 0.717) is 12.1 Å². The molecule has 0 spiro atoms. The summed E-state index contributed by atoms with van der Waals surface area (Å²) >= 11 is 0. The second-order valence-electron chi connectivity index (χ2n) is 6.86. The number of halogens is 6. The van der Waals surface area contributed by atoms with Gasteiger partial charge in [-0.25, -0.2) is 4.79 Å². The summed E-state index contributed by atoms with van der Waals surface area (Å²) in [5, 5.41) is 24.0. The quantitative estimate of drug-likeness (QED) is 0.458. The number of alkyl halides is 6. The van der Waals surface area contributed by atoms with Gasteiger partial charge in [0, 0.05) is 13.1 Å². The molecule has 0 fully saturated rings. The Kier molecular flexibility index (Phi) is 7.91. The van der Waals surface area contributed by atoms with E-state index >= 15 is 0 Å². The number of aliphatic hydroxyl groups excluding tert-OH is 1. The van der Waals surface area contributed by atoms with E-state index in [1.807, 2.05) is 0 Å². The Balaban J connectivity index is 2.08. The molecule has 2 aromatic carbocycles. The molecule has 0 aliphatic heterocycles. The highest BCUT2D eigenvalue weighted by Gasteiger charge is 2.36. The van der Waals surface area contributed by atoms with E-state index in [4.69, 9.17) is 5.11 Å². The number of hydrogen-bond donors (Lipinski definition) is 4. The number of amides is 1. The van der Waals surface area contributed by atoms with E-state index < -0.39 is 48.3 Å². The maximum absolute atomic E-state index is 12.9. The summed E-state index contributed by atoms with van der Waals surface area (Å²) < 4.78 is 77.6. The van der Waals surface area contributed by atoms with E-state index in [9.17, 15) is 36.2 Å². The smallest absolute Gasteiger partial charge is 0.416 e. The average Bonchev–Trinajstić information content (AvgIpc) is 2.66. The molecule has 0 unspecified atom stereocenters. The molecule has 0 aliphatic rings. The highest BCUT2D eigenvalue weighted by atomic mass is 19.4. The Morgan fingerprint density at radius 2 is 1.45 bits per heavy atom. The summed E-state index contributed by atoms with van der Waals surface area (Å²) in [7, 11) is 0. The third kappa shape index (κ3) is 7.76. The zero-order valence-corrected chi connectivity index (χ0v) is 16.0. The van der Waals surface area contributed by atoms with Gasteiger partial charge in [0.25, 0.3) is 0 Å². The molecule has 0 heterocycles. The van der Waals surface area contributed by atoms with Crippen LogP contribution in [0, 0.1) is 0 Å². The van der Waals surface area contributed by atoms with Gasteiger partial charge in [0.1, 0.15) is 0 Å². The van der Waals surface area contributed by atoms with Crippen molar-refractivity contribution < 1.29 is 41.4 Å². The normalized spacial score (nSPS) is 14.2. The van der Waals surface area contributed by atoms with Crippen molar-refractivity contribution in [3.05, 3.63) is 70.8 Å². The van der Waals surface area contributed by atoms with Gasteiger partial charge in [-0.3, -0.25) is 0 Å². The lowest BCUT2D eigenvalue weighted by Gasteiger charge is -2.23. The Morgan fingerprint density at radius 1 is 0.903 bits per heavy atom. The molecule has 0 bridgehead atoms. The predicted octanol–water partition coefficient (Wildman–Crippen LogP) is 4.05. The van der Waals surface area contributed by atoms with E-state index in [0.717, 1.165) is 5.56 Å². The van der Waals surface area contributed by atoms with Crippen LogP contribution in [-0.2, 0) is 25.3 Å². The van der Waals surface area contributed by atoms with Gasteiger partial charge in [0.15, 0.2) is 0 Å². The van der Waals surface area contributed by atoms with Crippen LogP contribution in [0.1, 0.15) is 22.3 Å². The molecule has 0 saturated carbocycles. The van der Waals surface area contributed by atoms with Crippen LogP contribution in [0.2, 0.25) is 0 Å². The number of carbonyl (C=O) groups is 1. The van der Waals surface area contributed by atoms with Gasteiger partial charge in [-0.2, -0.15) is 26.3 Å². The fourth-order valence-corrected chi connectivity index (χ4v) is 2.94. The number of aliphatic hydroxyl groups is 1. The number of hydrogen-bond acceptors (Lipinski definition) is 3. The van der Waals surface area contributed by atoms with Gasteiger partial charge in [0.2, 0.25) is 0 Å². The second kappa shape index (κ2) is 10.0. The molecule has 5 nitrogen and oxygen atoms in total. The van der Waals surface area contributed by atoms with Crippen LogP contribution in [0.15, 0.2) is 48.5 Å². The first-order valence-corrected chi connectivity index (χ1v) is 9.07. The maximum Gasteiger partial charge on any atom is 0.416 e. The molecule has 1 amide bonds. The zero-order valence-electron chi connectivity index (χ0n) is 16.0. The van der Waals surface area contributed by atoms with E-state index in [1.54, 1.807) is 30.3 Å². The molecule has 2 atom stereocenters. The Hall–Kier alpha value is -2.79. The largest absolute Gasteiger partial charge is 0.465 e. The maximum atomic E-state index is 12.9. The third-order valence-corrected chi connectivity index (χ3v) is 4.40. The van der Waals surface area contributed by atoms with E-state index in [2.05, 4.69) is 10.6 Å². The van der Waals surface area contributed by atoms with E-state index in [-0.39, 0.29) is 24.6 Å². The molecule has 31 heavy (non-hydrogen) atoms. The van der Waals surface area contributed by atoms with Crippen LogP contribution in [0.5, 0.6) is 0 Å². The molecule has 0 saturated heterocycles. The summed E-state index contributed by atoms with van der Waals surface area (Å²) in [5.74, 6) is 0. The highest BCUT2D eigenvalue weighted by Crippen LogP contribution is 2.36. The first-order chi connectivity index (χ1) is 14.4. The fraction of sp³-hybridized carbons (Fsp3) is 0.350. The fourth-order valence-electron chi connectivity index (χ4n) is 2.94. The van der Waals surface area contributed by atoms with Crippen molar-refractivity contribution in [2.75, 3.05) is 6.54 Å². The van der Waals surface area contributed by atoms with Crippen LogP contribution in [0.25, 0.3) is 0 Å². The molecule has 170 valence electrons. The summed E-state index contributed by atoms with van der Waals surface area (Å²) in [6, 6.07) is 8.91. The summed E-state index contributed by atoms with van der Waals surface area (Å²) in [5.41, 5.74) is -2.42. The monoisotopic (exact) mass is 450 g/mol. The number of carboxylic acid groups (broad SMARTS) is 1. The van der Waals surface area contributed by atoms with Gasteiger partial charge in [-0.05, 0) is 35.7 Å². The minimum Gasteiger partial charge on any atom is -0.465 e. The number of benzene rings is 2. The van der Waals surface area contributed by atoms with Gasteiger partial charge in [0.05, 0.1) is 23.3 Å². The van der Waals surface area contributed by atoms with Crippen LogP contribution < -0.4 is 10.6 Å². The molecule has 0 radical (unpaired) electrons. The summed E-state index contributed by atoms with van der Waals surface area (Å²) in [6.45, 7) is -0.662. The lowest BCUT2D eigenvalue weighted by Crippen LogP contribution is -2.48. The molecular weight excluding hydrogens is 430 g/mol. The molecule has 2 rings (SSSR count). The van der Waals surface area contributed by atoms with Gasteiger partial charge in [-0.15, -0.1) is 0 Å². The van der Waals surface area contributed by atoms with Crippen molar-refractivity contribution in [2.45, 2.75) is 37.5 Å². The standard InChI is InChI=1S/C20H20F6N2O3/c21-19(22,23)14-6-13(7-15(9-14)20(24,25)26)10-27-11-17(29)16(28-18(30)31)8-12-4-2-1-3-5-12/h1-7,9,16-17,27-29H,8,10-11H2,(H,30,31)/t16-,17+/m0/s1. The topological polar surface area (TPSA) is 81.6 Å². The van der Waals surface area contributed by atoms with Gasteiger partial charge >= 0.3 is 18.4 Å². The number of rotatable bonds is 8. The SMILES string of the molecule is O=C(O)N[C@@H](Cc1ccccc1)[C@H](O)CNCc1cc(C(F)(F)F)cc(C(F)(F)F)c1. The molecule has 0 aromatic heterocycles. The van der Waals surface area contributed by atoms with Crippen molar-refractivity contribution in [2.24, 2.45) is 0 Å². The average molecular weight is 450 g/mol. The van der Waals surface area contributed by atoms with Gasteiger partial charge < -0.3 is 20.8 Å². The lowest BCUT2D eigenvalue weighted by molar-refractivity contribution is -0.143. The molecule has 4 N–H and O–H groups in total. The molecule has 11 heteroatoms. The summed E-state index contributed by atoms with van der Waals surface area (Å²) in [4.78, 5) is 11.0. The van der Waals surface area contributed by atoms with Crippen molar-refractivity contribution in [3.63, 3.8) is 0 Å². The zero-order chi connectivity index (χ0) is 23.2. The molecule has 2 aromatic rings.